The molecule has 0 aromatic rings. The van der Waals surface area contributed by atoms with Gasteiger partial charge in [-0.1, -0.05) is 50.0 Å². The molecule has 0 aliphatic carbocycles. The van der Waals surface area contributed by atoms with Crippen LogP contribution in [0.2, 0.25) is 0 Å². The van der Waals surface area contributed by atoms with Crippen LogP contribution >= 0.6 is 0 Å². The predicted octanol–water partition coefficient (Wildman–Crippen LogP) is 3.64. The van der Waals surface area contributed by atoms with E-state index in [1.54, 1.807) is 0 Å². The van der Waals surface area contributed by atoms with Gasteiger partial charge in [-0.2, -0.15) is 0 Å². The summed E-state index contributed by atoms with van der Waals surface area (Å²) in [7, 11) is 0. The van der Waals surface area contributed by atoms with Gasteiger partial charge in [0.15, 0.2) is 0 Å². The number of allylic oxidation sites excluding steroid dienone is 6. The molecule has 0 rings (SSSR count). The van der Waals surface area contributed by atoms with Gasteiger partial charge in [-0.15, -0.1) is 0 Å². The first kappa shape index (κ1) is 9.96. The van der Waals surface area contributed by atoms with Crippen LogP contribution in [0.5, 0.6) is 0 Å². The molecule has 0 spiro atoms. The second-order valence-corrected chi connectivity index (χ2v) is 2.50. The smallest absolute Gasteiger partial charge is 0.0308 e. The molecule has 0 aliphatic rings. The highest BCUT2D eigenvalue weighted by molar-refractivity contribution is 5.25. The fraction of sp³-hybridized carbons (Fsp3) is 0.273. The standard InChI is InChI=1S/C11H16/c1-5-11(6-2)9-7-8-10(3)4/h5,7-9H,1,3,6H2,2,4H3. The molecule has 0 aliphatic heterocycles. The lowest BCUT2D eigenvalue weighted by Crippen LogP contribution is -1.70. The van der Waals surface area contributed by atoms with Crippen molar-refractivity contribution >= 4 is 0 Å². The molecule has 0 nitrogen and oxygen atoms in total. The van der Waals surface area contributed by atoms with Gasteiger partial charge in [0.05, 0.1) is 0 Å². The van der Waals surface area contributed by atoms with E-state index in [9.17, 15) is 0 Å². The lowest BCUT2D eigenvalue weighted by Gasteiger charge is -1.91. The molecule has 0 bridgehead atoms. The van der Waals surface area contributed by atoms with Crippen LogP contribution in [0.3, 0.4) is 0 Å². The highest BCUT2D eigenvalue weighted by atomic mass is 13.9. The average molecular weight is 148 g/mol. The molecule has 0 aromatic carbocycles. The Labute approximate surface area is 69.6 Å². The average Bonchev–Trinajstić information content (AvgIpc) is 1.98. The third-order valence-electron chi connectivity index (χ3n) is 1.36. The Morgan fingerprint density at radius 2 is 2.09 bits per heavy atom. The van der Waals surface area contributed by atoms with E-state index in [1.165, 1.54) is 5.57 Å². The van der Waals surface area contributed by atoms with Gasteiger partial charge < -0.3 is 0 Å². The van der Waals surface area contributed by atoms with Crippen LogP contribution in [0.1, 0.15) is 20.3 Å². The molecule has 0 unspecified atom stereocenters. The normalized spacial score (nSPS) is 12.0. The minimum absolute atomic E-state index is 1.03. The summed E-state index contributed by atoms with van der Waals surface area (Å²) in [6.07, 6.45) is 8.95. The minimum Gasteiger partial charge on any atom is -0.0988 e. The van der Waals surface area contributed by atoms with E-state index in [4.69, 9.17) is 0 Å². The van der Waals surface area contributed by atoms with E-state index >= 15 is 0 Å². The molecule has 0 atom stereocenters. The Balaban J connectivity index is 4.08. The monoisotopic (exact) mass is 148 g/mol. The molecular weight excluding hydrogens is 132 g/mol. The zero-order valence-electron chi connectivity index (χ0n) is 7.43. The van der Waals surface area contributed by atoms with E-state index < -0.39 is 0 Å². The molecule has 0 saturated heterocycles. The van der Waals surface area contributed by atoms with Crippen molar-refractivity contribution in [3.63, 3.8) is 0 Å². The summed E-state index contributed by atoms with van der Waals surface area (Å²) in [6.45, 7) is 11.6. The SMILES string of the molecule is C=CC(=CC=CC(=C)C)CC. The maximum absolute atomic E-state index is 3.76. The molecule has 0 fully saturated rings. The summed E-state index contributed by atoms with van der Waals surface area (Å²) in [5.41, 5.74) is 2.32. The number of rotatable bonds is 4. The summed E-state index contributed by atoms with van der Waals surface area (Å²) in [4.78, 5) is 0. The fourth-order valence-corrected chi connectivity index (χ4v) is 0.666. The number of hydrogen-bond acceptors (Lipinski definition) is 0. The summed E-state index contributed by atoms with van der Waals surface area (Å²) >= 11 is 0. The van der Waals surface area contributed by atoms with E-state index in [0.717, 1.165) is 12.0 Å². The Morgan fingerprint density at radius 3 is 2.45 bits per heavy atom. The van der Waals surface area contributed by atoms with Gasteiger partial charge in [0.2, 0.25) is 0 Å². The van der Waals surface area contributed by atoms with E-state index in [-0.39, 0.29) is 0 Å². The molecule has 60 valence electrons. The van der Waals surface area contributed by atoms with E-state index in [0.29, 0.717) is 0 Å². The second kappa shape index (κ2) is 5.72. The highest BCUT2D eigenvalue weighted by Crippen LogP contribution is 2.01. The zero-order chi connectivity index (χ0) is 8.69. The predicted molar refractivity (Wildman–Crippen MR) is 52.5 cm³/mol. The largest absolute Gasteiger partial charge is 0.0988 e. The molecular formula is C11H16. The zero-order valence-corrected chi connectivity index (χ0v) is 7.43. The number of hydrogen-bond donors (Lipinski definition) is 0. The summed E-state index contributed by atoms with van der Waals surface area (Å²) in [5.74, 6) is 0. The van der Waals surface area contributed by atoms with E-state index in [2.05, 4.69) is 26.2 Å². The van der Waals surface area contributed by atoms with Gasteiger partial charge in [0.25, 0.3) is 0 Å². The molecule has 0 amide bonds. The van der Waals surface area contributed by atoms with Crippen LogP contribution in [-0.4, -0.2) is 0 Å². The highest BCUT2D eigenvalue weighted by Gasteiger charge is 1.81. The van der Waals surface area contributed by atoms with Crippen molar-refractivity contribution in [3.05, 3.63) is 48.6 Å². The minimum atomic E-state index is 1.03. The second-order valence-electron chi connectivity index (χ2n) is 2.50. The first-order valence-corrected chi connectivity index (χ1v) is 3.86. The van der Waals surface area contributed by atoms with Crippen LogP contribution in [0.25, 0.3) is 0 Å². The van der Waals surface area contributed by atoms with Gasteiger partial charge in [-0.25, -0.2) is 0 Å². The molecule has 0 N–H and O–H groups in total. The maximum Gasteiger partial charge on any atom is -0.0308 e. The van der Waals surface area contributed by atoms with Crippen molar-refractivity contribution in [2.24, 2.45) is 0 Å². The topological polar surface area (TPSA) is 0 Å². The van der Waals surface area contributed by atoms with Crippen molar-refractivity contribution < 1.29 is 0 Å². The van der Waals surface area contributed by atoms with Crippen molar-refractivity contribution in [2.45, 2.75) is 20.3 Å². The third kappa shape index (κ3) is 5.41. The molecule has 0 heteroatoms. The first-order chi connectivity index (χ1) is 5.20. The molecule has 11 heavy (non-hydrogen) atoms. The fourth-order valence-electron chi connectivity index (χ4n) is 0.666. The summed E-state index contributed by atoms with van der Waals surface area (Å²) in [6, 6.07) is 0. The summed E-state index contributed by atoms with van der Waals surface area (Å²) in [5, 5.41) is 0. The van der Waals surface area contributed by atoms with Crippen LogP contribution in [0.4, 0.5) is 0 Å². The Morgan fingerprint density at radius 1 is 1.45 bits per heavy atom. The van der Waals surface area contributed by atoms with E-state index in [1.807, 2.05) is 25.2 Å². The van der Waals surface area contributed by atoms with Crippen LogP contribution in [0.15, 0.2) is 48.6 Å². The van der Waals surface area contributed by atoms with Gasteiger partial charge in [0.1, 0.15) is 0 Å². The lowest BCUT2D eigenvalue weighted by molar-refractivity contribution is 1.15. The van der Waals surface area contributed by atoms with Crippen molar-refractivity contribution in [1.29, 1.82) is 0 Å². The molecule has 0 saturated carbocycles. The molecule has 0 aromatic heterocycles. The van der Waals surface area contributed by atoms with Crippen LogP contribution < -0.4 is 0 Å². The van der Waals surface area contributed by atoms with Gasteiger partial charge in [-0.05, 0) is 18.9 Å². The van der Waals surface area contributed by atoms with Gasteiger partial charge in [-0.3, -0.25) is 0 Å². The Bertz CT molecular complexity index is 192. The van der Waals surface area contributed by atoms with Crippen molar-refractivity contribution in [1.82, 2.24) is 0 Å². The van der Waals surface area contributed by atoms with Crippen molar-refractivity contribution in [2.75, 3.05) is 0 Å². The first-order valence-electron chi connectivity index (χ1n) is 3.86. The molecule has 0 heterocycles. The van der Waals surface area contributed by atoms with Crippen molar-refractivity contribution in [3.8, 4) is 0 Å². The lowest BCUT2D eigenvalue weighted by atomic mass is 10.2. The molecule has 0 radical (unpaired) electrons. The maximum atomic E-state index is 3.76. The van der Waals surface area contributed by atoms with Gasteiger partial charge >= 0.3 is 0 Å². The Hall–Kier alpha value is -1.04. The van der Waals surface area contributed by atoms with Crippen LogP contribution in [0, 0.1) is 0 Å². The quantitative estimate of drug-likeness (QED) is 0.534. The third-order valence-corrected chi connectivity index (χ3v) is 1.36. The van der Waals surface area contributed by atoms with Gasteiger partial charge in [0, 0.05) is 0 Å². The summed E-state index contributed by atoms with van der Waals surface area (Å²) < 4.78 is 0. The van der Waals surface area contributed by atoms with Crippen LogP contribution in [-0.2, 0) is 0 Å². The Kier molecular flexibility index (Phi) is 5.18.